The number of hydrogen-bond acceptors (Lipinski definition) is 3. The zero-order chi connectivity index (χ0) is 17.2. The van der Waals surface area contributed by atoms with Crippen molar-refractivity contribution < 1.29 is 9.59 Å². The Balaban J connectivity index is 1.50. The van der Waals surface area contributed by atoms with E-state index < -0.39 is 0 Å². The van der Waals surface area contributed by atoms with Crippen molar-refractivity contribution in [3.05, 3.63) is 52.8 Å². The summed E-state index contributed by atoms with van der Waals surface area (Å²) < 4.78 is 0. The summed E-state index contributed by atoms with van der Waals surface area (Å²) >= 11 is 0. The van der Waals surface area contributed by atoms with Crippen molar-refractivity contribution in [1.82, 2.24) is 15.1 Å². The minimum absolute atomic E-state index is 0.0113. The van der Waals surface area contributed by atoms with Crippen molar-refractivity contribution in [1.29, 1.82) is 0 Å². The molecule has 2 aliphatic rings. The molecule has 130 valence electrons. The van der Waals surface area contributed by atoms with Crippen LogP contribution in [0, 0.1) is 0 Å². The lowest BCUT2D eigenvalue weighted by Crippen LogP contribution is -2.37. The number of aromatic amines is 1. The SMILES string of the molecule is O=C(CC1CCCN1C(=O)c1n[nH]c2c1CCCC2)c1ccccc1. The van der Waals surface area contributed by atoms with Crippen LogP contribution in [-0.4, -0.2) is 39.4 Å². The third kappa shape index (κ3) is 3.11. The number of benzene rings is 1. The third-order valence-electron chi connectivity index (χ3n) is 5.41. The normalized spacial score (nSPS) is 19.7. The van der Waals surface area contributed by atoms with Gasteiger partial charge in [0.2, 0.25) is 0 Å². The Bertz CT molecular complexity index is 781. The number of aromatic nitrogens is 2. The molecule has 5 nitrogen and oxygen atoms in total. The van der Waals surface area contributed by atoms with E-state index in [9.17, 15) is 9.59 Å². The minimum Gasteiger partial charge on any atom is -0.334 e. The molecule has 1 fully saturated rings. The number of nitrogens with one attached hydrogen (secondary N) is 1. The molecular formula is C20H23N3O2. The topological polar surface area (TPSA) is 66.1 Å². The lowest BCUT2D eigenvalue weighted by atomic mass is 9.95. The molecule has 1 aromatic carbocycles. The second-order valence-corrected chi connectivity index (χ2v) is 7.02. The molecule has 1 aliphatic carbocycles. The highest BCUT2D eigenvalue weighted by molar-refractivity contribution is 5.98. The van der Waals surface area contributed by atoms with Crippen LogP contribution in [0.5, 0.6) is 0 Å². The zero-order valence-corrected chi connectivity index (χ0v) is 14.3. The van der Waals surface area contributed by atoms with Gasteiger partial charge in [0.15, 0.2) is 11.5 Å². The Morgan fingerprint density at radius 2 is 1.92 bits per heavy atom. The Hall–Kier alpha value is -2.43. The number of ketones is 1. The molecule has 0 bridgehead atoms. The first-order valence-corrected chi connectivity index (χ1v) is 9.19. The first-order chi connectivity index (χ1) is 12.2. The van der Waals surface area contributed by atoms with Gasteiger partial charge in [-0.3, -0.25) is 14.7 Å². The van der Waals surface area contributed by atoms with Crippen molar-refractivity contribution in [2.75, 3.05) is 6.54 Å². The number of Topliss-reactive ketones (excluding diaryl/α,β-unsaturated/α-hetero) is 1. The van der Waals surface area contributed by atoms with Crippen molar-refractivity contribution in [2.45, 2.75) is 51.0 Å². The van der Waals surface area contributed by atoms with Gasteiger partial charge in [-0.15, -0.1) is 0 Å². The van der Waals surface area contributed by atoms with E-state index in [4.69, 9.17) is 0 Å². The van der Waals surface area contributed by atoms with Crippen molar-refractivity contribution in [3.8, 4) is 0 Å². The van der Waals surface area contributed by atoms with Crippen LogP contribution < -0.4 is 0 Å². The first-order valence-electron chi connectivity index (χ1n) is 9.19. The van der Waals surface area contributed by atoms with E-state index in [-0.39, 0.29) is 17.7 Å². The quantitative estimate of drug-likeness (QED) is 0.872. The van der Waals surface area contributed by atoms with Gasteiger partial charge in [0.1, 0.15) is 0 Å². The average Bonchev–Trinajstić information content (AvgIpc) is 3.29. The number of amides is 1. The summed E-state index contributed by atoms with van der Waals surface area (Å²) in [4.78, 5) is 27.4. The summed E-state index contributed by atoms with van der Waals surface area (Å²) in [5.41, 5.74) is 3.51. The average molecular weight is 337 g/mol. The molecule has 2 heterocycles. The second-order valence-electron chi connectivity index (χ2n) is 7.02. The molecule has 0 spiro atoms. The van der Waals surface area contributed by atoms with E-state index in [1.165, 1.54) is 0 Å². The summed E-state index contributed by atoms with van der Waals surface area (Å²) in [7, 11) is 0. The standard InChI is InChI=1S/C20H23N3O2/c24-18(14-7-2-1-3-8-14)13-15-9-6-12-23(15)20(25)19-16-10-4-5-11-17(16)21-22-19/h1-3,7-8,15H,4-6,9-13H2,(H,21,22). The number of carbonyl (C=O) groups excluding carboxylic acids is 2. The van der Waals surface area contributed by atoms with Gasteiger partial charge in [0.25, 0.3) is 5.91 Å². The van der Waals surface area contributed by atoms with Gasteiger partial charge < -0.3 is 4.90 Å². The molecule has 1 unspecified atom stereocenters. The maximum absolute atomic E-state index is 13.0. The van der Waals surface area contributed by atoms with E-state index in [1.54, 1.807) is 0 Å². The Morgan fingerprint density at radius 1 is 1.12 bits per heavy atom. The molecule has 1 amide bonds. The number of rotatable bonds is 4. The monoisotopic (exact) mass is 337 g/mol. The Labute approximate surface area is 147 Å². The summed E-state index contributed by atoms with van der Waals surface area (Å²) in [5.74, 6) is 0.0946. The first kappa shape index (κ1) is 16.1. The Morgan fingerprint density at radius 3 is 2.76 bits per heavy atom. The molecule has 25 heavy (non-hydrogen) atoms. The third-order valence-corrected chi connectivity index (χ3v) is 5.41. The van der Waals surface area contributed by atoms with Gasteiger partial charge in [-0.2, -0.15) is 5.10 Å². The molecule has 5 heteroatoms. The van der Waals surface area contributed by atoms with Gasteiger partial charge >= 0.3 is 0 Å². The minimum atomic E-state index is -0.0175. The van der Waals surface area contributed by atoms with Crippen LogP contribution in [0.15, 0.2) is 30.3 Å². The Kier molecular flexibility index (Phi) is 4.38. The van der Waals surface area contributed by atoms with Gasteiger partial charge in [0, 0.05) is 35.8 Å². The van der Waals surface area contributed by atoms with Gasteiger partial charge in [-0.1, -0.05) is 30.3 Å². The van der Waals surface area contributed by atoms with E-state index >= 15 is 0 Å². The number of nitrogens with zero attached hydrogens (tertiary/aromatic N) is 2. The lowest BCUT2D eigenvalue weighted by molar-refractivity contribution is 0.0710. The molecule has 2 aromatic rings. The van der Waals surface area contributed by atoms with Gasteiger partial charge in [0.05, 0.1) is 0 Å². The summed E-state index contributed by atoms with van der Waals surface area (Å²) in [6.45, 7) is 0.715. The van der Waals surface area contributed by atoms with Crippen molar-refractivity contribution in [2.24, 2.45) is 0 Å². The summed E-state index contributed by atoms with van der Waals surface area (Å²) in [5, 5.41) is 7.36. The van der Waals surface area contributed by atoms with E-state index in [1.807, 2.05) is 35.2 Å². The summed E-state index contributed by atoms with van der Waals surface area (Å²) in [6.07, 6.45) is 6.40. The number of likely N-dealkylation sites (tertiary alicyclic amines) is 1. The molecular weight excluding hydrogens is 314 g/mol. The largest absolute Gasteiger partial charge is 0.334 e. The number of H-pyrrole nitrogens is 1. The summed E-state index contributed by atoms with van der Waals surface area (Å²) in [6, 6.07) is 9.32. The maximum Gasteiger partial charge on any atom is 0.274 e. The van der Waals surface area contributed by atoms with Crippen LogP contribution in [0.3, 0.4) is 0 Å². The van der Waals surface area contributed by atoms with Gasteiger partial charge in [-0.05, 0) is 38.5 Å². The molecule has 4 rings (SSSR count). The van der Waals surface area contributed by atoms with Crippen LogP contribution in [0.25, 0.3) is 0 Å². The highest BCUT2D eigenvalue weighted by Gasteiger charge is 2.34. The van der Waals surface area contributed by atoms with Crippen molar-refractivity contribution in [3.63, 3.8) is 0 Å². The van der Waals surface area contributed by atoms with Crippen LogP contribution >= 0.6 is 0 Å². The number of aryl methyl sites for hydroxylation is 1. The van der Waals surface area contributed by atoms with Crippen LogP contribution in [0.2, 0.25) is 0 Å². The maximum atomic E-state index is 13.0. The molecule has 1 atom stereocenters. The van der Waals surface area contributed by atoms with Crippen LogP contribution in [0.4, 0.5) is 0 Å². The fraction of sp³-hybridized carbons (Fsp3) is 0.450. The predicted molar refractivity (Wildman–Crippen MR) is 94.7 cm³/mol. The van der Waals surface area contributed by atoms with Crippen LogP contribution in [-0.2, 0) is 12.8 Å². The lowest BCUT2D eigenvalue weighted by Gasteiger charge is -2.24. The molecule has 1 aliphatic heterocycles. The highest BCUT2D eigenvalue weighted by Crippen LogP contribution is 2.27. The molecule has 1 aromatic heterocycles. The fourth-order valence-corrected chi connectivity index (χ4v) is 4.07. The highest BCUT2D eigenvalue weighted by atomic mass is 16.2. The molecule has 0 saturated carbocycles. The molecule has 0 radical (unpaired) electrons. The predicted octanol–water partition coefficient (Wildman–Crippen LogP) is 3.17. The number of fused-ring (bicyclic) bond motifs is 1. The second kappa shape index (κ2) is 6.82. The zero-order valence-electron chi connectivity index (χ0n) is 14.3. The number of carbonyl (C=O) groups is 2. The molecule has 1 N–H and O–H groups in total. The van der Waals surface area contributed by atoms with Crippen LogP contribution in [0.1, 0.15) is 64.2 Å². The van der Waals surface area contributed by atoms with E-state index in [2.05, 4.69) is 10.2 Å². The van der Waals surface area contributed by atoms with Gasteiger partial charge in [-0.25, -0.2) is 0 Å². The number of hydrogen-bond donors (Lipinski definition) is 1. The molecule has 1 saturated heterocycles. The smallest absolute Gasteiger partial charge is 0.274 e. The fourth-order valence-electron chi connectivity index (χ4n) is 4.07. The van der Waals surface area contributed by atoms with Crippen molar-refractivity contribution >= 4 is 11.7 Å². The van der Waals surface area contributed by atoms with E-state index in [0.717, 1.165) is 55.3 Å². The van der Waals surface area contributed by atoms with E-state index in [0.29, 0.717) is 18.7 Å².